The van der Waals surface area contributed by atoms with Gasteiger partial charge in [0.1, 0.15) is 17.9 Å². The van der Waals surface area contributed by atoms with Gasteiger partial charge in [0.25, 0.3) is 0 Å². The van der Waals surface area contributed by atoms with E-state index in [1.165, 1.54) is 30.4 Å². The predicted molar refractivity (Wildman–Crippen MR) is 101 cm³/mol. The predicted octanol–water partition coefficient (Wildman–Crippen LogP) is 3.64. The van der Waals surface area contributed by atoms with Crippen LogP contribution < -0.4 is 15.1 Å². The van der Waals surface area contributed by atoms with Gasteiger partial charge in [-0.25, -0.2) is 9.59 Å². The number of hydrogen-bond acceptors (Lipinski definition) is 7. The van der Waals surface area contributed by atoms with Crippen molar-refractivity contribution in [3.8, 4) is 17.2 Å². The van der Waals surface area contributed by atoms with Gasteiger partial charge in [-0.15, -0.1) is 0 Å². The maximum Gasteiger partial charge on any atom is 0.336 e. The third-order valence-electron chi connectivity index (χ3n) is 4.05. The van der Waals surface area contributed by atoms with E-state index in [0.29, 0.717) is 33.0 Å². The van der Waals surface area contributed by atoms with Crippen LogP contribution in [0.3, 0.4) is 0 Å². The molecule has 0 saturated heterocycles. The Labute approximate surface area is 163 Å². The number of aromatic hydroxyl groups is 1. The van der Waals surface area contributed by atoms with Crippen molar-refractivity contribution in [3.63, 3.8) is 0 Å². The highest BCUT2D eigenvalue weighted by atomic mass is 35.5. The van der Waals surface area contributed by atoms with Gasteiger partial charge in [0.15, 0.2) is 11.5 Å². The van der Waals surface area contributed by atoms with Crippen molar-refractivity contribution in [3.05, 3.63) is 69.0 Å². The maximum atomic E-state index is 12.0. The minimum absolute atomic E-state index is 0.0323. The summed E-state index contributed by atoms with van der Waals surface area (Å²) < 4.78 is 20.8. The number of fused-ring (bicyclic) bond motifs is 2. The molecule has 1 N–H and O–H groups in total. The SMILES string of the molecule is O=C(/C=C/c1cc(Cl)c2c(c1)OCO2)OCc1cc(=O)oc2cc(O)ccc12. The lowest BCUT2D eigenvalue weighted by Crippen LogP contribution is -2.05. The molecular formula is C20H13ClO7. The number of ether oxygens (including phenoxy) is 3. The summed E-state index contributed by atoms with van der Waals surface area (Å²) in [4.78, 5) is 23.7. The first-order chi connectivity index (χ1) is 13.5. The summed E-state index contributed by atoms with van der Waals surface area (Å²) in [6, 6.07) is 8.94. The average molecular weight is 401 g/mol. The fraction of sp³-hybridized carbons (Fsp3) is 0.100. The fourth-order valence-corrected chi connectivity index (χ4v) is 3.06. The molecule has 0 radical (unpaired) electrons. The summed E-state index contributed by atoms with van der Waals surface area (Å²) >= 11 is 6.10. The topological polar surface area (TPSA) is 95.2 Å². The lowest BCUT2D eigenvalue weighted by atomic mass is 10.1. The number of carbonyl (C=O) groups excluding carboxylic acids is 1. The van der Waals surface area contributed by atoms with Crippen LogP contribution in [0.25, 0.3) is 17.0 Å². The number of phenolic OH excluding ortho intramolecular Hbond substituents is 1. The van der Waals surface area contributed by atoms with Crippen molar-refractivity contribution < 1.29 is 28.5 Å². The molecule has 7 nitrogen and oxygen atoms in total. The molecule has 1 aromatic heterocycles. The van der Waals surface area contributed by atoms with Crippen LogP contribution in [0.15, 0.2) is 51.7 Å². The zero-order valence-corrected chi connectivity index (χ0v) is 15.1. The monoisotopic (exact) mass is 400 g/mol. The first kappa shape index (κ1) is 17.9. The molecule has 4 rings (SSSR count). The van der Waals surface area contributed by atoms with Gasteiger partial charge in [-0.05, 0) is 35.9 Å². The number of benzene rings is 2. The number of rotatable bonds is 4. The zero-order chi connectivity index (χ0) is 19.7. The summed E-state index contributed by atoms with van der Waals surface area (Å²) in [6.07, 6.45) is 2.78. The standard InChI is InChI=1S/C20H13ClO7/c21-15-5-11(6-17-20(15)27-10-26-17)1-4-18(23)25-9-12-7-19(24)28-16-8-13(22)2-3-14(12)16/h1-8,22H,9-10H2/b4-1+. The Balaban J connectivity index is 1.48. The number of carbonyl (C=O) groups is 1. The molecule has 2 heterocycles. The Bertz CT molecular complexity index is 1160. The number of esters is 1. The molecule has 0 saturated carbocycles. The second kappa shape index (κ2) is 7.28. The normalized spacial score (nSPS) is 12.6. The molecule has 0 bridgehead atoms. The molecule has 142 valence electrons. The Kier molecular flexibility index (Phi) is 4.67. The summed E-state index contributed by atoms with van der Waals surface area (Å²) in [5.74, 6) is 0.345. The smallest absolute Gasteiger partial charge is 0.336 e. The third-order valence-corrected chi connectivity index (χ3v) is 4.33. The van der Waals surface area contributed by atoms with E-state index in [-0.39, 0.29) is 24.7 Å². The Morgan fingerprint density at radius 1 is 1.21 bits per heavy atom. The lowest BCUT2D eigenvalue weighted by molar-refractivity contribution is -0.138. The van der Waals surface area contributed by atoms with Crippen LogP contribution in [0.2, 0.25) is 5.02 Å². The highest BCUT2D eigenvalue weighted by Crippen LogP contribution is 2.40. The van der Waals surface area contributed by atoms with E-state index in [1.54, 1.807) is 18.2 Å². The molecule has 0 aliphatic carbocycles. The molecule has 1 aliphatic heterocycles. The average Bonchev–Trinajstić information content (AvgIpc) is 3.13. The van der Waals surface area contributed by atoms with E-state index in [2.05, 4.69) is 0 Å². The van der Waals surface area contributed by atoms with Crippen LogP contribution in [0, 0.1) is 0 Å². The van der Waals surface area contributed by atoms with E-state index in [1.807, 2.05) is 0 Å². The maximum absolute atomic E-state index is 12.0. The van der Waals surface area contributed by atoms with Crippen LogP contribution in [0.5, 0.6) is 17.2 Å². The van der Waals surface area contributed by atoms with Crippen molar-refractivity contribution in [2.24, 2.45) is 0 Å². The van der Waals surface area contributed by atoms with E-state index in [4.69, 9.17) is 30.2 Å². The van der Waals surface area contributed by atoms with Gasteiger partial charge < -0.3 is 23.7 Å². The van der Waals surface area contributed by atoms with Gasteiger partial charge >= 0.3 is 11.6 Å². The number of halogens is 1. The van der Waals surface area contributed by atoms with E-state index in [0.717, 1.165) is 0 Å². The van der Waals surface area contributed by atoms with E-state index < -0.39 is 11.6 Å². The van der Waals surface area contributed by atoms with Gasteiger partial charge in [-0.1, -0.05) is 11.6 Å². The summed E-state index contributed by atoms with van der Waals surface area (Å²) in [5.41, 5.74) is 0.727. The van der Waals surface area contributed by atoms with Gasteiger partial charge in [0, 0.05) is 29.2 Å². The summed E-state index contributed by atoms with van der Waals surface area (Å²) in [5, 5.41) is 10.5. The first-order valence-electron chi connectivity index (χ1n) is 8.19. The van der Waals surface area contributed by atoms with Crippen LogP contribution in [0.1, 0.15) is 11.1 Å². The van der Waals surface area contributed by atoms with Crippen molar-refractivity contribution in [1.82, 2.24) is 0 Å². The van der Waals surface area contributed by atoms with Gasteiger partial charge in [0.05, 0.1) is 5.02 Å². The Hall–Kier alpha value is -3.45. The first-order valence-corrected chi connectivity index (χ1v) is 8.57. The molecule has 0 unspecified atom stereocenters. The Morgan fingerprint density at radius 2 is 2.07 bits per heavy atom. The minimum atomic E-state index is -0.603. The van der Waals surface area contributed by atoms with Crippen molar-refractivity contribution in [1.29, 1.82) is 0 Å². The quantitative estimate of drug-likeness (QED) is 0.406. The highest BCUT2D eigenvalue weighted by molar-refractivity contribution is 6.32. The van der Waals surface area contributed by atoms with Gasteiger partial charge in [-0.3, -0.25) is 0 Å². The lowest BCUT2D eigenvalue weighted by Gasteiger charge is -2.06. The molecule has 0 fully saturated rings. The Morgan fingerprint density at radius 3 is 2.93 bits per heavy atom. The highest BCUT2D eigenvalue weighted by Gasteiger charge is 2.17. The minimum Gasteiger partial charge on any atom is -0.508 e. The number of hydrogen-bond donors (Lipinski definition) is 1. The fourth-order valence-electron chi connectivity index (χ4n) is 2.78. The molecule has 1 aliphatic rings. The van der Waals surface area contributed by atoms with Crippen LogP contribution in [-0.4, -0.2) is 17.9 Å². The molecule has 0 atom stereocenters. The van der Waals surface area contributed by atoms with Gasteiger partial charge in [0.2, 0.25) is 6.79 Å². The second-order valence-electron chi connectivity index (χ2n) is 5.95. The van der Waals surface area contributed by atoms with Gasteiger partial charge in [-0.2, -0.15) is 0 Å². The van der Waals surface area contributed by atoms with Crippen LogP contribution >= 0.6 is 11.6 Å². The molecule has 2 aromatic carbocycles. The van der Waals surface area contributed by atoms with Crippen LogP contribution in [0.4, 0.5) is 0 Å². The largest absolute Gasteiger partial charge is 0.508 e. The third kappa shape index (κ3) is 3.65. The summed E-state index contributed by atoms with van der Waals surface area (Å²) in [6.45, 7) is -0.0288. The number of phenols is 1. The molecule has 3 aromatic rings. The van der Waals surface area contributed by atoms with E-state index >= 15 is 0 Å². The molecule has 0 spiro atoms. The van der Waals surface area contributed by atoms with Crippen LogP contribution in [-0.2, 0) is 16.1 Å². The molecule has 8 heteroatoms. The van der Waals surface area contributed by atoms with Crippen molar-refractivity contribution >= 4 is 34.6 Å². The summed E-state index contributed by atoms with van der Waals surface area (Å²) in [7, 11) is 0. The zero-order valence-electron chi connectivity index (χ0n) is 14.3. The van der Waals surface area contributed by atoms with E-state index in [9.17, 15) is 14.7 Å². The second-order valence-corrected chi connectivity index (χ2v) is 6.36. The molecule has 0 amide bonds. The van der Waals surface area contributed by atoms with Crippen molar-refractivity contribution in [2.75, 3.05) is 6.79 Å². The molecule has 28 heavy (non-hydrogen) atoms. The van der Waals surface area contributed by atoms with Crippen molar-refractivity contribution in [2.45, 2.75) is 6.61 Å². The molecular weight excluding hydrogens is 388 g/mol.